The highest BCUT2D eigenvalue weighted by Gasteiger charge is 2.22. The van der Waals surface area contributed by atoms with E-state index in [0.29, 0.717) is 5.02 Å². The number of hydrogen-bond acceptors (Lipinski definition) is 4. The summed E-state index contributed by atoms with van der Waals surface area (Å²) in [7, 11) is 0. The van der Waals surface area contributed by atoms with Crippen LogP contribution in [0.4, 0.5) is 0 Å². The number of aromatic nitrogens is 4. The molecule has 88 valence electrons. The first kappa shape index (κ1) is 10.7. The molecular formula is C11H12ClN5. The van der Waals surface area contributed by atoms with Gasteiger partial charge in [-0.1, -0.05) is 11.6 Å². The van der Waals surface area contributed by atoms with Crippen LogP contribution in [0.25, 0.3) is 5.69 Å². The van der Waals surface area contributed by atoms with Crippen LogP contribution in [0.2, 0.25) is 5.02 Å². The zero-order chi connectivity index (χ0) is 11.7. The van der Waals surface area contributed by atoms with E-state index in [1.165, 1.54) is 0 Å². The number of tetrazole rings is 1. The summed E-state index contributed by atoms with van der Waals surface area (Å²) >= 11 is 5.87. The molecule has 0 radical (unpaired) electrons. The predicted molar refractivity (Wildman–Crippen MR) is 64.1 cm³/mol. The molecule has 1 aromatic carbocycles. The van der Waals surface area contributed by atoms with Gasteiger partial charge in [-0.3, -0.25) is 0 Å². The van der Waals surface area contributed by atoms with Gasteiger partial charge in [0.1, 0.15) is 0 Å². The largest absolute Gasteiger partial charge is 0.307 e. The molecule has 0 saturated carbocycles. The lowest BCUT2D eigenvalue weighted by Crippen LogP contribution is -2.17. The second-order valence-corrected chi connectivity index (χ2v) is 4.51. The van der Waals surface area contributed by atoms with Crippen LogP contribution >= 0.6 is 11.6 Å². The third kappa shape index (κ3) is 2.03. The van der Waals surface area contributed by atoms with E-state index in [4.69, 9.17) is 11.6 Å². The van der Waals surface area contributed by atoms with Crippen LogP contribution in [0.3, 0.4) is 0 Å². The fourth-order valence-electron chi connectivity index (χ4n) is 2.08. The number of nitrogens with one attached hydrogen (secondary N) is 1. The lowest BCUT2D eigenvalue weighted by Gasteiger charge is -2.10. The highest BCUT2D eigenvalue weighted by molar-refractivity contribution is 6.30. The van der Waals surface area contributed by atoms with E-state index in [2.05, 4.69) is 20.8 Å². The van der Waals surface area contributed by atoms with Crippen molar-refractivity contribution in [1.29, 1.82) is 0 Å². The topological polar surface area (TPSA) is 55.6 Å². The molecule has 0 bridgehead atoms. The van der Waals surface area contributed by atoms with E-state index < -0.39 is 0 Å². The van der Waals surface area contributed by atoms with E-state index in [0.717, 1.165) is 30.9 Å². The van der Waals surface area contributed by atoms with Crippen LogP contribution in [0.15, 0.2) is 24.3 Å². The fraction of sp³-hybridized carbons (Fsp3) is 0.364. The maximum atomic E-state index is 5.87. The summed E-state index contributed by atoms with van der Waals surface area (Å²) in [4.78, 5) is 0. The maximum absolute atomic E-state index is 5.87. The molecular weight excluding hydrogens is 238 g/mol. The van der Waals surface area contributed by atoms with Crippen molar-refractivity contribution in [2.45, 2.75) is 18.9 Å². The number of benzene rings is 1. The predicted octanol–water partition coefficient (Wildman–Crippen LogP) is 1.74. The third-order valence-corrected chi connectivity index (χ3v) is 3.19. The van der Waals surface area contributed by atoms with Gasteiger partial charge in [0.15, 0.2) is 5.82 Å². The zero-order valence-corrected chi connectivity index (χ0v) is 9.93. The lowest BCUT2D eigenvalue weighted by molar-refractivity contribution is 0.583. The van der Waals surface area contributed by atoms with Crippen LogP contribution in [0.1, 0.15) is 24.7 Å². The Kier molecular flexibility index (Phi) is 2.78. The van der Waals surface area contributed by atoms with Gasteiger partial charge in [0.2, 0.25) is 0 Å². The molecule has 0 amide bonds. The van der Waals surface area contributed by atoms with Crippen molar-refractivity contribution in [2.75, 3.05) is 6.54 Å². The second-order valence-electron chi connectivity index (χ2n) is 4.07. The molecule has 0 aliphatic carbocycles. The molecule has 0 spiro atoms. The Bertz CT molecular complexity index is 501. The molecule has 1 fully saturated rings. The molecule has 5 nitrogen and oxygen atoms in total. The van der Waals surface area contributed by atoms with Gasteiger partial charge < -0.3 is 5.32 Å². The van der Waals surface area contributed by atoms with Gasteiger partial charge in [0, 0.05) is 5.02 Å². The average molecular weight is 250 g/mol. The van der Waals surface area contributed by atoms with Crippen molar-refractivity contribution >= 4 is 11.6 Å². The Hall–Kier alpha value is -1.46. The van der Waals surface area contributed by atoms with Crippen molar-refractivity contribution in [3.05, 3.63) is 35.1 Å². The first-order chi connectivity index (χ1) is 8.34. The molecule has 1 aliphatic heterocycles. The molecule has 1 atom stereocenters. The highest BCUT2D eigenvalue weighted by atomic mass is 35.5. The minimum absolute atomic E-state index is 0.251. The van der Waals surface area contributed by atoms with Gasteiger partial charge in [-0.25, -0.2) is 0 Å². The van der Waals surface area contributed by atoms with Crippen molar-refractivity contribution in [1.82, 2.24) is 25.5 Å². The van der Waals surface area contributed by atoms with Crippen LogP contribution < -0.4 is 5.32 Å². The van der Waals surface area contributed by atoms with Crippen molar-refractivity contribution in [2.24, 2.45) is 0 Å². The minimum Gasteiger partial charge on any atom is -0.307 e. The highest BCUT2D eigenvalue weighted by Crippen LogP contribution is 2.22. The number of rotatable bonds is 2. The molecule has 1 aliphatic rings. The average Bonchev–Trinajstić information content (AvgIpc) is 3.00. The van der Waals surface area contributed by atoms with Gasteiger partial charge in [0.05, 0.1) is 11.7 Å². The number of hydrogen-bond donors (Lipinski definition) is 1. The van der Waals surface area contributed by atoms with Crippen LogP contribution in [0, 0.1) is 0 Å². The monoisotopic (exact) mass is 249 g/mol. The van der Waals surface area contributed by atoms with Gasteiger partial charge in [-0.2, -0.15) is 4.68 Å². The Morgan fingerprint density at radius 2 is 2.12 bits per heavy atom. The molecule has 6 heteroatoms. The molecule has 17 heavy (non-hydrogen) atoms. The first-order valence-corrected chi connectivity index (χ1v) is 6.00. The zero-order valence-electron chi connectivity index (χ0n) is 9.17. The summed E-state index contributed by atoms with van der Waals surface area (Å²) in [5.41, 5.74) is 0.933. The van der Waals surface area contributed by atoms with Crippen LogP contribution in [-0.2, 0) is 0 Å². The normalized spacial score (nSPS) is 19.7. The minimum atomic E-state index is 0.251. The number of halogens is 1. The van der Waals surface area contributed by atoms with Crippen molar-refractivity contribution < 1.29 is 0 Å². The second kappa shape index (κ2) is 4.43. The third-order valence-electron chi connectivity index (χ3n) is 2.94. The summed E-state index contributed by atoms with van der Waals surface area (Å²) in [6.07, 6.45) is 2.24. The van der Waals surface area contributed by atoms with Crippen LogP contribution in [0.5, 0.6) is 0 Å². The molecule has 1 unspecified atom stereocenters. The molecule has 1 N–H and O–H groups in total. The quantitative estimate of drug-likeness (QED) is 0.881. The molecule has 3 rings (SSSR count). The van der Waals surface area contributed by atoms with Crippen molar-refractivity contribution in [3.8, 4) is 5.69 Å². The number of nitrogens with zero attached hydrogens (tertiary/aromatic N) is 4. The molecule has 2 aromatic rings. The Labute approximate surface area is 104 Å². The SMILES string of the molecule is Clc1ccc(-n2nnnc2C2CCCN2)cc1. The lowest BCUT2D eigenvalue weighted by atomic mass is 10.2. The first-order valence-electron chi connectivity index (χ1n) is 5.62. The Morgan fingerprint density at radius 3 is 2.82 bits per heavy atom. The summed E-state index contributed by atoms with van der Waals surface area (Å²) in [6.45, 7) is 1.03. The summed E-state index contributed by atoms with van der Waals surface area (Å²) < 4.78 is 1.76. The maximum Gasteiger partial charge on any atom is 0.173 e. The molecule has 1 saturated heterocycles. The van der Waals surface area contributed by atoms with Gasteiger partial charge >= 0.3 is 0 Å². The van der Waals surface area contributed by atoms with E-state index in [1.54, 1.807) is 4.68 Å². The van der Waals surface area contributed by atoms with E-state index in [-0.39, 0.29) is 6.04 Å². The van der Waals surface area contributed by atoms with Gasteiger partial charge in [-0.05, 0) is 54.1 Å². The van der Waals surface area contributed by atoms with E-state index in [1.807, 2.05) is 24.3 Å². The Morgan fingerprint density at radius 1 is 1.29 bits per heavy atom. The smallest absolute Gasteiger partial charge is 0.173 e. The molecule has 2 heterocycles. The summed E-state index contributed by atoms with van der Waals surface area (Å²) in [6, 6.07) is 7.75. The summed E-state index contributed by atoms with van der Waals surface area (Å²) in [5.74, 6) is 0.866. The Balaban J connectivity index is 1.97. The van der Waals surface area contributed by atoms with Gasteiger partial charge in [-0.15, -0.1) is 5.10 Å². The van der Waals surface area contributed by atoms with Crippen molar-refractivity contribution in [3.63, 3.8) is 0 Å². The standard InChI is InChI=1S/C11H12ClN5/c12-8-3-5-9(6-4-8)17-11(14-15-16-17)10-2-1-7-13-10/h3-6,10,13H,1-2,7H2. The summed E-state index contributed by atoms with van der Waals surface area (Å²) in [5, 5.41) is 16.0. The molecule has 1 aromatic heterocycles. The fourth-order valence-corrected chi connectivity index (χ4v) is 2.21. The van der Waals surface area contributed by atoms with Crippen LogP contribution in [-0.4, -0.2) is 26.8 Å². The van der Waals surface area contributed by atoms with Gasteiger partial charge in [0.25, 0.3) is 0 Å². The van der Waals surface area contributed by atoms with E-state index >= 15 is 0 Å². The van der Waals surface area contributed by atoms with E-state index in [9.17, 15) is 0 Å².